The third-order valence-corrected chi connectivity index (χ3v) is 5.11. The first-order chi connectivity index (χ1) is 14.6. The van der Waals surface area contributed by atoms with Crippen molar-refractivity contribution in [2.24, 2.45) is 0 Å². The van der Waals surface area contributed by atoms with Gasteiger partial charge in [0.05, 0.1) is 26.4 Å². The molecule has 0 aliphatic heterocycles. The van der Waals surface area contributed by atoms with Gasteiger partial charge in [-0.05, 0) is 32.6 Å². The topological polar surface area (TPSA) is 74.2 Å². The summed E-state index contributed by atoms with van der Waals surface area (Å²) in [5, 5.41) is 12.5. The minimum absolute atomic E-state index is 0.202. The summed E-state index contributed by atoms with van der Waals surface area (Å²) >= 11 is 0. The molecule has 0 amide bonds. The SMILES string of the molecule is C=C(C)C(=O)OCCOCCOCCOc1c2c(c(O)c3ccccc13)CCCC2. The van der Waals surface area contributed by atoms with Crippen molar-refractivity contribution in [1.29, 1.82) is 0 Å². The quantitative estimate of drug-likeness (QED) is 0.341. The number of fused-ring (bicyclic) bond motifs is 2. The second kappa shape index (κ2) is 11.0. The summed E-state index contributed by atoms with van der Waals surface area (Å²) in [7, 11) is 0. The van der Waals surface area contributed by atoms with E-state index in [1.165, 1.54) is 0 Å². The van der Waals surface area contributed by atoms with Crippen LogP contribution >= 0.6 is 0 Å². The Bertz CT molecular complexity index is 889. The summed E-state index contributed by atoms with van der Waals surface area (Å²) in [6.07, 6.45) is 4.01. The maximum Gasteiger partial charge on any atom is 0.333 e. The monoisotopic (exact) mass is 414 g/mol. The van der Waals surface area contributed by atoms with Crippen molar-refractivity contribution in [2.75, 3.05) is 39.6 Å². The van der Waals surface area contributed by atoms with E-state index in [1.54, 1.807) is 6.92 Å². The highest BCUT2D eigenvalue weighted by molar-refractivity contribution is 5.96. The van der Waals surface area contributed by atoms with Crippen LogP contribution < -0.4 is 4.74 Å². The van der Waals surface area contributed by atoms with Crippen LogP contribution in [-0.2, 0) is 31.8 Å². The summed E-state index contributed by atoms with van der Waals surface area (Å²) in [5.74, 6) is 0.864. The minimum Gasteiger partial charge on any atom is -0.507 e. The molecule has 1 aliphatic rings. The summed E-state index contributed by atoms with van der Waals surface area (Å²) in [6.45, 7) is 7.38. The van der Waals surface area contributed by atoms with Gasteiger partial charge in [-0.25, -0.2) is 4.79 Å². The molecule has 2 aromatic carbocycles. The number of carbonyl (C=O) groups excluding carboxylic acids is 1. The van der Waals surface area contributed by atoms with Crippen LogP contribution in [0.1, 0.15) is 30.9 Å². The standard InChI is InChI=1S/C24H30O6/c1-17(2)24(26)30-16-14-28-12-11-27-13-15-29-23-20-9-5-3-7-18(20)22(25)19-8-4-6-10-21(19)23/h3,5,7,9,25H,1,4,6,8,10-16H2,2H3. The van der Waals surface area contributed by atoms with E-state index in [1.807, 2.05) is 24.3 Å². The second-order valence-corrected chi connectivity index (χ2v) is 7.38. The Balaban J connectivity index is 1.43. The molecule has 0 radical (unpaired) electrons. The lowest BCUT2D eigenvalue weighted by Gasteiger charge is -2.23. The van der Waals surface area contributed by atoms with Crippen LogP contribution in [0, 0.1) is 0 Å². The Kier molecular flexibility index (Phi) is 8.11. The summed E-state index contributed by atoms with van der Waals surface area (Å²) in [6, 6.07) is 7.83. The van der Waals surface area contributed by atoms with Crippen molar-refractivity contribution in [3.63, 3.8) is 0 Å². The molecule has 2 aromatic rings. The third kappa shape index (κ3) is 5.52. The van der Waals surface area contributed by atoms with E-state index in [-0.39, 0.29) is 6.61 Å². The van der Waals surface area contributed by atoms with Crippen molar-refractivity contribution >= 4 is 16.7 Å². The van der Waals surface area contributed by atoms with Gasteiger partial charge in [-0.3, -0.25) is 0 Å². The van der Waals surface area contributed by atoms with Crippen molar-refractivity contribution < 1.29 is 28.8 Å². The van der Waals surface area contributed by atoms with Crippen LogP contribution in [-0.4, -0.2) is 50.7 Å². The number of aromatic hydroxyl groups is 1. The van der Waals surface area contributed by atoms with Gasteiger partial charge in [0, 0.05) is 27.5 Å². The molecule has 0 saturated heterocycles. The van der Waals surface area contributed by atoms with Crippen molar-refractivity contribution in [3.8, 4) is 11.5 Å². The lowest BCUT2D eigenvalue weighted by atomic mass is 9.87. The van der Waals surface area contributed by atoms with Crippen LogP contribution in [0.2, 0.25) is 0 Å². The number of ether oxygens (including phenoxy) is 4. The highest BCUT2D eigenvalue weighted by atomic mass is 16.6. The number of rotatable bonds is 11. The van der Waals surface area contributed by atoms with Crippen LogP contribution in [0.25, 0.3) is 10.8 Å². The number of esters is 1. The fraction of sp³-hybridized carbons (Fsp3) is 0.458. The zero-order valence-corrected chi connectivity index (χ0v) is 17.6. The maximum absolute atomic E-state index is 11.2. The molecule has 0 spiro atoms. The molecule has 3 rings (SSSR count). The first-order valence-corrected chi connectivity index (χ1v) is 10.5. The molecule has 0 saturated carbocycles. The van der Waals surface area contributed by atoms with Crippen molar-refractivity contribution in [2.45, 2.75) is 32.6 Å². The van der Waals surface area contributed by atoms with Gasteiger partial charge < -0.3 is 24.1 Å². The molecule has 1 N–H and O–H groups in total. The Labute approximate surface area is 177 Å². The zero-order chi connectivity index (χ0) is 21.3. The molecular weight excluding hydrogens is 384 g/mol. The molecule has 0 fully saturated rings. The van der Waals surface area contributed by atoms with Crippen LogP contribution in [0.5, 0.6) is 11.5 Å². The van der Waals surface area contributed by atoms with E-state index < -0.39 is 5.97 Å². The molecule has 0 bridgehead atoms. The van der Waals surface area contributed by atoms with Gasteiger partial charge in [0.1, 0.15) is 24.7 Å². The normalized spacial score (nSPS) is 13.1. The zero-order valence-electron chi connectivity index (χ0n) is 17.6. The van der Waals surface area contributed by atoms with Gasteiger partial charge in [0.15, 0.2) is 0 Å². The predicted molar refractivity (Wildman–Crippen MR) is 115 cm³/mol. The molecule has 30 heavy (non-hydrogen) atoms. The molecule has 0 unspecified atom stereocenters. The molecule has 0 heterocycles. The van der Waals surface area contributed by atoms with E-state index in [9.17, 15) is 9.90 Å². The average molecular weight is 414 g/mol. The lowest BCUT2D eigenvalue weighted by molar-refractivity contribution is -0.140. The van der Waals surface area contributed by atoms with E-state index >= 15 is 0 Å². The van der Waals surface area contributed by atoms with E-state index in [0.717, 1.165) is 53.3 Å². The average Bonchev–Trinajstić information content (AvgIpc) is 2.76. The maximum atomic E-state index is 11.2. The predicted octanol–water partition coefficient (Wildman–Crippen LogP) is 3.96. The Hall–Kier alpha value is -2.57. The third-order valence-electron chi connectivity index (χ3n) is 5.11. The molecule has 0 aromatic heterocycles. The Morgan fingerprint density at radius 1 is 0.933 bits per heavy atom. The molecule has 162 valence electrons. The Morgan fingerprint density at radius 2 is 1.53 bits per heavy atom. The Morgan fingerprint density at radius 3 is 2.23 bits per heavy atom. The summed E-state index contributed by atoms with van der Waals surface area (Å²) < 4.78 is 22.0. The fourth-order valence-corrected chi connectivity index (χ4v) is 3.64. The molecule has 0 atom stereocenters. The number of hydrogen-bond donors (Lipinski definition) is 1. The largest absolute Gasteiger partial charge is 0.507 e. The highest BCUT2D eigenvalue weighted by Gasteiger charge is 2.22. The smallest absolute Gasteiger partial charge is 0.333 e. The van der Waals surface area contributed by atoms with Gasteiger partial charge in [0.25, 0.3) is 0 Å². The summed E-state index contributed by atoms with van der Waals surface area (Å²) in [4.78, 5) is 11.2. The van der Waals surface area contributed by atoms with Crippen LogP contribution in [0.15, 0.2) is 36.4 Å². The van der Waals surface area contributed by atoms with Gasteiger partial charge in [-0.2, -0.15) is 0 Å². The van der Waals surface area contributed by atoms with Crippen molar-refractivity contribution in [1.82, 2.24) is 0 Å². The number of carbonyl (C=O) groups is 1. The molecule has 6 heteroatoms. The van der Waals surface area contributed by atoms with Crippen LogP contribution in [0.4, 0.5) is 0 Å². The lowest BCUT2D eigenvalue weighted by Crippen LogP contribution is -2.15. The van der Waals surface area contributed by atoms with Gasteiger partial charge >= 0.3 is 5.97 Å². The molecule has 6 nitrogen and oxygen atoms in total. The van der Waals surface area contributed by atoms with Gasteiger partial charge in [0.2, 0.25) is 0 Å². The first kappa shape index (κ1) is 22.1. The number of hydrogen-bond acceptors (Lipinski definition) is 6. The van der Waals surface area contributed by atoms with E-state index in [4.69, 9.17) is 18.9 Å². The van der Waals surface area contributed by atoms with E-state index in [0.29, 0.717) is 44.4 Å². The second-order valence-electron chi connectivity index (χ2n) is 7.38. The fourth-order valence-electron chi connectivity index (χ4n) is 3.64. The summed E-state index contributed by atoms with van der Waals surface area (Å²) in [5.41, 5.74) is 2.53. The minimum atomic E-state index is -0.407. The highest BCUT2D eigenvalue weighted by Crippen LogP contribution is 2.43. The number of phenols is 1. The van der Waals surface area contributed by atoms with Gasteiger partial charge in [-0.1, -0.05) is 30.8 Å². The van der Waals surface area contributed by atoms with E-state index in [2.05, 4.69) is 6.58 Å². The van der Waals surface area contributed by atoms with Crippen molar-refractivity contribution in [3.05, 3.63) is 47.5 Å². The first-order valence-electron chi connectivity index (χ1n) is 10.5. The molecule has 1 aliphatic carbocycles. The molecular formula is C24H30O6. The number of phenolic OH excluding ortho intramolecular Hbond substituents is 1. The van der Waals surface area contributed by atoms with Gasteiger partial charge in [-0.15, -0.1) is 0 Å². The van der Waals surface area contributed by atoms with Crippen LogP contribution in [0.3, 0.4) is 0 Å². The number of benzene rings is 2.